The van der Waals surface area contributed by atoms with E-state index in [0.717, 1.165) is 0 Å². The van der Waals surface area contributed by atoms with E-state index in [2.05, 4.69) is 10.3 Å². The van der Waals surface area contributed by atoms with E-state index in [4.69, 9.17) is 10.5 Å². The number of amides is 2. The molecule has 0 aromatic carbocycles. The van der Waals surface area contributed by atoms with E-state index in [1.807, 2.05) is 13.8 Å². The van der Waals surface area contributed by atoms with Crippen LogP contribution in [0.1, 0.15) is 73.1 Å². The Hall–Kier alpha value is -2.94. The Balaban J connectivity index is 2.82. The fourth-order valence-electron chi connectivity index (χ4n) is 4.18. The maximum atomic E-state index is 13.1. The molecule has 1 aliphatic rings. The fourth-order valence-corrected chi connectivity index (χ4v) is 4.18. The van der Waals surface area contributed by atoms with Crippen molar-refractivity contribution in [3.05, 3.63) is 10.1 Å². The number of guanidine groups is 1. The van der Waals surface area contributed by atoms with Crippen molar-refractivity contribution in [1.82, 2.24) is 15.6 Å². The van der Waals surface area contributed by atoms with Gasteiger partial charge in [0.05, 0.1) is 5.94 Å². The predicted octanol–water partition coefficient (Wildman–Crippen LogP) is 0.628. The molecule has 6 N–H and O–H groups in total. The number of nitrogens with two attached hydrogens (primary N) is 1. The molecule has 38 heavy (non-hydrogen) atoms. The molecule has 1 saturated heterocycles. The van der Waals surface area contributed by atoms with Gasteiger partial charge >= 0.3 is 13.2 Å². The molecule has 0 aromatic heterocycles. The quantitative estimate of drug-likeness (QED) is 0.0547. The Labute approximate surface area is 224 Å². The number of carbonyl (C=O) groups is 3. The molecule has 1 heterocycles. The zero-order valence-electron chi connectivity index (χ0n) is 23.0. The second kappa shape index (κ2) is 15.5. The highest BCUT2D eigenvalue weighted by Gasteiger charge is 2.34. The van der Waals surface area contributed by atoms with E-state index < -0.39 is 41.6 Å². The van der Waals surface area contributed by atoms with Crippen molar-refractivity contribution in [3.63, 3.8) is 0 Å². The monoisotopic (exact) mass is 542 g/mol. The number of ether oxygens (including phenoxy) is 1. The van der Waals surface area contributed by atoms with Gasteiger partial charge in [-0.15, -0.1) is 0 Å². The summed E-state index contributed by atoms with van der Waals surface area (Å²) < 4.78 is 5.39. The summed E-state index contributed by atoms with van der Waals surface area (Å²) in [5.41, 5.74) is 6.53. The van der Waals surface area contributed by atoms with E-state index in [-0.39, 0.29) is 43.0 Å². The van der Waals surface area contributed by atoms with Crippen molar-refractivity contribution >= 4 is 30.9 Å². The van der Waals surface area contributed by atoms with Gasteiger partial charge in [-0.3, -0.25) is 9.59 Å². The lowest BCUT2D eigenvalue weighted by molar-refractivity contribution is -0.525. The molecular formula is C23H43BN6O8. The number of rotatable bonds is 13. The van der Waals surface area contributed by atoms with E-state index in [9.17, 15) is 34.5 Å². The molecule has 2 amide bonds. The minimum Gasteiger partial charge on any atom is -0.444 e. The first kappa shape index (κ1) is 33.1. The van der Waals surface area contributed by atoms with Gasteiger partial charge in [0.25, 0.3) is 5.96 Å². The van der Waals surface area contributed by atoms with Crippen LogP contribution in [0.5, 0.6) is 0 Å². The normalized spacial score (nSPS) is 16.5. The number of hydrogen-bond acceptors (Lipinski definition) is 9. The number of ketones is 1. The largest absolute Gasteiger partial charge is 0.475 e. The number of piperidine rings is 1. The SMILES string of the molecule is CC(C)C[C@H](NC(=O)[C@H](CCCN=C(N)N[N+](=O)[O-])CC(=O)C1CCN(C(=O)OC(C)(C)C)CC1)B(O)O. The molecule has 0 saturated carbocycles. The average Bonchev–Trinajstić information content (AvgIpc) is 2.78. The van der Waals surface area contributed by atoms with E-state index in [1.54, 1.807) is 31.1 Å². The molecule has 14 nitrogen and oxygen atoms in total. The van der Waals surface area contributed by atoms with Crippen LogP contribution in [-0.2, 0) is 14.3 Å². The van der Waals surface area contributed by atoms with Crippen LogP contribution in [-0.4, -0.2) is 82.0 Å². The molecule has 0 aliphatic carbocycles. The van der Waals surface area contributed by atoms with Gasteiger partial charge in [0, 0.05) is 37.9 Å². The second-order valence-electron chi connectivity index (χ2n) is 11.0. The Morgan fingerprint density at radius 2 is 1.84 bits per heavy atom. The van der Waals surface area contributed by atoms with Gasteiger partial charge in [-0.05, 0) is 58.8 Å². The first-order valence-corrected chi connectivity index (χ1v) is 13.0. The number of nitro groups is 1. The number of likely N-dealkylation sites (tertiary alicyclic amines) is 1. The van der Waals surface area contributed by atoms with Crippen molar-refractivity contribution in [2.75, 3.05) is 19.6 Å². The lowest BCUT2D eigenvalue weighted by Crippen LogP contribution is -2.49. The smallest absolute Gasteiger partial charge is 0.444 e. The van der Waals surface area contributed by atoms with Crippen molar-refractivity contribution in [2.24, 2.45) is 28.5 Å². The van der Waals surface area contributed by atoms with E-state index in [1.165, 1.54) is 0 Å². The fraction of sp³-hybridized carbons (Fsp3) is 0.826. The summed E-state index contributed by atoms with van der Waals surface area (Å²) in [6.07, 6.45) is 1.30. The van der Waals surface area contributed by atoms with Gasteiger partial charge < -0.3 is 30.7 Å². The van der Waals surface area contributed by atoms with Crippen molar-refractivity contribution in [2.45, 2.75) is 84.7 Å². The van der Waals surface area contributed by atoms with Crippen LogP contribution in [0.4, 0.5) is 4.79 Å². The third kappa shape index (κ3) is 13.0. The van der Waals surface area contributed by atoms with Crippen molar-refractivity contribution in [3.8, 4) is 0 Å². The molecule has 216 valence electrons. The molecule has 1 rings (SSSR count). The molecule has 15 heteroatoms. The zero-order valence-corrected chi connectivity index (χ0v) is 23.0. The number of carbonyl (C=O) groups excluding carboxylic acids is 3. The molecule has 0 unspecified atom stereocenters. The summed E-state index contributed by atoms with van der Waals surface area (Å²) in [6, 6.07) is 0. The maximum Gasteiger partial charge on any atom is 0.475 e. The molecule has 0 radical (unpaired) electrons. The van der Waals surface area contributed by atoms with Crippen LogP contribution in [0.25, 0.3) is 0 Å². The summed E-state index contributed by atoms with van der Waals surface area (Å²) >= 11 is 0. The lowest BCUT2D eigenvalue weighted by atomic mass is 9.74. The summed E-state index contributed by atoms with van der Waals surface area (Å²) in [5.74, 6) is -2.86. The van der Waals surface area contributed by atoms with Crippen LogP contribution in [0, 0.1) is 27.9 Å². The number of hydrogen-bond donors (Lipinski definition) is 5. The summed E-state index contributed by atoms with van der Waals surface area (Å²) in [4.78, 5) is 54.4. The van der Waals surface area contributed by atoms with Gasteiger partial charge in [0.15, 0.2) is 5.03 Å². The molecule has 1 aliphatic heterocycles. The van der Waals surface area contributed by atoms with Crippen LogP contribution in [0.3, 0.4) is 0 Å². The molecule has 2 atom stereocenters. The Morgan fingerprint density at radius 1 is 1.24 bits per heavy atom. The highest BCUT2D eigenvalue weighted by atomic mass is 16.7. The van der Waals surface area contributed by atoms with Crippen LogP contribution < -0.4 is 16.5 Å². The van der Waals surface area contributed by atoms with E-state index in [0.29, 0.717) is 38.8 Å². The third-order valence-corrected chi connectivity index (χ3v) is 6.03. The standard InChI is InChI=1S/C23H43BN6O8/c1-15(2)13-19(24(34)35)27-20(32)17(7-6-10-26-21(25)28-30(36)37)14-18(31)16-8-11-29(12-9-16)22(33)38-23(3,4)5/h15-17,19,34-35H,6-14H2,1-5H3,(H,27,32)(H3,25,26,28)/t17-,19+/m1/s1. The Kier molecular flexibility index (Phi) is 13.5. The highest BCUT2D eigenvalue weighted by molar-refractivity contribution is 6.43. The first-order chi connectivity index (χ1) is 17.6. The average molecular weight is 542 g/mol. The predicted molar refractivity (Wildman–Crippen MR) is 141 cm³/mol. The summed E-state index contributed by atoms with van der Waals surface area (Å²) in [5, 5.41) is 31.7. The van der Waals surface area contributed by atoms with Crippen molar-refractivity contribution in [1.29, 1.82) is 0 Å². The molecule has 1 fully saturated rings. The van der Waals surface area contributed by atoms with Crippen LogP contribution in [0.2, 0.25) is 0 Å². The zero-order chi connectivity index (χ0) is 29.0. The van der Waals surface area contributed by atoms with Crippen LogP contribution >= 0.6 is 0 Å². The first-order valence-electron chi connectivity index (χ1n) is 13.0. The van der Waals surface area contributed by atoms with Gasteiger partial charge in [0.1, 0.15) is 11.4 Å². The topological polar surface area (TPSA) is 210 Å². The Morgan fingerprint density at radius 3 is 2.34 bits per heavy atom. The molecule has 0 spiro atoms. The summed E-state index contributed by atoms with van der Waals surface area (Å²) in [7, 11) is -1.76. The van der Waals surface area contributed by atoms with Gasteiger partial charge in [-0.2, -0.15) is 0 Å². The van der Waals surface area contributed by atoms with Crippen LogP contribution in [0.15, 0.2) is 4.99 Å². The van der Waals surface area contributed by atoms with Gasteiger partial charge in [-0.25, -0.2) is 19.9 Å². The maximum absolute atomic E-state index is 13.1. The van der Waals surface area contributed by atoms with E-state index >= 15 is 0 Å². The third-order valence-electron chi connectivity index (χ3n) is 6.03. The molecule has 0 bridgehead atoms. The summed E-state index contributed by atoms with van der Waals surface area (Å²) in [6.45, 7) is 9.95. The number of aliphatic imine (C=N–C) groups is 1. The Bertz CT molecular complexity index is 840. The minimum atomic E-state index is -1.76. The molecular weight excluding hydrogens is 499 g/mol. The minimum absolute atomic E-state index is 0.0643. The number of hydrazine groups is 1. The second-order valence-corrected chi connectivity index (χ2v) is 11.0. The highest BCUT2D eigenvalue weighted by Crippen LogP contribution is 2.25. The van der Waals surface area contributed by atoms with Crippen molar-refractivity contribution < 1.29 is 34.2 Å². The van der Waals surface area contributed by atoms with Gasteiger partial charge in [-0.1, -0.05) is 19.3 Å². The lowest BCUT2D eigenvalue weighted by Gasteiger charge is -2.33. The number of nitrogens with zero attached hydrogens (tertiary/aromatic N) is 3. The molecule has 0 aromatic rings. The number of nitrogens with one attached hydrogen (secondary N) is 2. The van der Waals surface area contributed by atoms with Gasteiger partial charge in [0.2, 0.25) is 5.91 Å². The number of Topliss-reactive ketones (excluding diaryl/α,β-unsaturated/α-hetero) is 1.